The summed E-state index contributed by atoms with van der Waals surface area (Å²) in [6.45, 7) is 6.56. The van der Waals surface area contributed by atoms with Crippen molar-refractivity contribution in [3.8, 4) is 5.75 Å². The lowest BCUT2D eigenvalue weighted by atomic mass is 9.96. The zero-order chi connectivity index (χ0) is 22.1. The highest BCUT2D eigenvalue weighted by Gasteiger charge is 2.34. The topological polar surface area (TPSA) is 66.9 Å². The first kappa shape index (κ1) is 22.3. The van der Waals surface area contributed by atoms with Crippen LogP contribution >= 0.6 is 0 Å². The fourth-order valence-electron chi connectivity index (χ4n) is 3.80. The van der Waals surface area contributed by atoms with Crippen LogP contribution < -0.4 is 9.64 Å². The van der Waals surface area contributed by atoms with Gasteiger partial charge in [0.05, 0.1) is 7.11 Å². The van der Waals surface area contributed by atoms with Gasteiger partial charge in [-0.1, -0.05) is 12.1 Å². The molecule has 162 valence electrons. The summed E-state index contributed by atoms with van der Waals surface area (Å²) in [4.78, 5) is 14.9. The highest BCUT2D eigenvalue weighted by atomic mass is 32.2. The molecule has 0 spiro atoms. The van der Waals surface area contributed by atoms with Crippen LogP contribution in [-0.4, -0.2) is 45.9 Å². The smallest absolute Gasteiger partial charge is 0.246 e. The van der Waals surface area contributed by atoms with Crippen molar-refractivity contribution in [1.29, 1.82) is 0 Å². The molecule has 30 heavy (non-hydrogen) atoms. The molecule has 1 saturated heterocycles. The zero-order valence-corrected chi connectivity index (χ0v) is 19.1. The normalized spacial score (nSPS) is 15.8. The molecule has 0 aliphatic carbocycles. The van der Waals surface area contributed by atoms with Crippen LogP contribution in [-0.2, 0) is 14.8 Å². The number of benzene rings is 2. The molecule has 1 amide bonds. The predicted octanol–water partition coefficient (Wildman–Crippen LogP) is 3.68. The summed E-state index contributed by atoms with van der Waals surface area (Å²) >= 11 is 0. The third-order valence-corrected chi connectivity index (χ3v) is 7.87. The Morgan fingerprint density at radius 3 is 2.30 bits per heavy atom. The molecular weight excluding hydrogens is 400 g/mol. The van der Waals surface area contributed by atoms with E-state index >= 15 is 0 Å². The predicted molar refractivity (Wildman–Crippen MR) is 119 cm³/mol. The van der Waals surface area contributed by atoms with E-state index < -0.39 is 10.0 Å². The van der Waals surface area contributed by atoms with Gasteiger partial charge in [0.25, 0.3) is 0 Å². The van der Waals surface area contributed by atoms with Crippen LogP contribution in [0.3, 0.4) is 0 Å². The van der Waals surface area contributed by atoms with Crippen molar-refractivity contribution in [2.45, 2.75) is 38.5 Å². The summed E-state index contributed by atoms with van der Waals surface area (Å²) in [6.07, 6.45) is 1.00. The van der Waals surface area contributed by atoms with Gasteiger partial charge in [-0.3, -0.25) is 4.79 Å². The molecule has 0 saturated carbocycles. The van der Waals surface area contributed by atoms with Crippen LogP contribution in [0.1, 0.15) is 29.5 Å². The van der Waals surface area contributed by atoms with Crippen molar-refractivity contribution < 1.29 is 17.9 Å². The van der Waals surface area contributed by atoms with Gasteiger partial charge >= 0.3 is 0 Å². The molecule has 1 fully saturated rings. The highest BCUT2D eigenvalue weighted by molar-refractivity contribution is 7.89. The maximum atomic E-state index is 13.2. The van der Waals surface area contributed by atoms with Crippen LogP contribution in [0.15, 0.2) is 41.3 Å². The Hall–Kier alpha value is -2.38. The van der Waals surface area contributed by atoms with Crippen LogP contribution in [0.5, 0.6) is 5.75 Å². The number of methoxy groups -OCH3 is 1. The Balaban J connectivity index is 1.71. The summed E-state index contributed by atoms with van der Waals surface area (Å²) in [6, 6.07) is 11.1. The molecule has 2 aromatic carbocycles. The standard InChI is InChI=1S/C23H30N2O4S/c1-16-6-9-21(29-5)22(14-16)30(27,28)25-12-10-19(11-13-25)23(26)24(4)20-8-7-17(2)18(3)15-20/h6-9,14-15,19H,10-13H2,1-5H3. The van der Waals surface area contributed by atoms with E-state index in [2.05, 4.69) is 0 Å². The third kappa shape index (κ3) is 4.37. The number of anilines is 1. The molecule has 1 aliphatic rings. The first-order valence-electron chi connectivity index (χ1n) is 10.1. The van der Waals surface area contributed by atoms with E-state index in [4.69, 9.17) is 4.74 Å². The molecule has 0 atom stereocenters. The Bertz CT molecular complexity index is 1040. The second-order valence-corrected chi connectivity index (χ2v) is 9.90. The second-order valence-electron chi connectivity index (χ2n) is 8.00. The first-order valence-corrected chi connectivity index (χ1v) is 11.6. The maximum absolute atomic E-state index is 13.2. The third-order valence-electron chi connectivity index (χ3n) is 5.95. The van der Waals surface area contributed by atoms with Gasteiger partial charge in [-0.05, 0) is 74.6 Å². The number of rotatable bonds is 5. The molecular formula is C23H30N2O4S. The summed E-state index contributed by atoms with van der Waals surface area (Å²) in [5, 5.41) is 0. The number of piperidine rings is 1. The van der Waals surface area contributed by atoms with Crippen molar-refractivity contribution in [2.75, 3.05) is 32.1 Å². The molecule has 2 aromatic rings. The van der Waals surface area contributed by atoms with Gasteiger partial charge in [0.2, 0.25) is 15.9 Å². The number of carbonyl (C=O) groups is 1. The molecule has 1 heterocycles. The zero-order valence-electron chi connectivity index (χ0n) is 18.3. The fourth-order valence-corrected chi connectivity index (χ4v) is 5.51. The largest absolute Gasteiger partial charge is 0.495 e. The molecule has 0 aromatic heterocycles. The average molecular weight is 431 g/mol. The van der Waals surface area contributed by atoms with Gasteiger partial charge in [0.15, 0.2) is 0 Å². The van der Waals surface area contributed by atoms with Crippen LogP contribution in [0.4, 0.5) is 5.69 Å². The molecule has 7 heteroatoms. The van der Waals surface area contributed by atoms with E-state index in [9.17, 15) is 13.2 Å². The number of amides is 1. The van der Waals surface area contributed by atoms with Gasteiger partial charge in [-0.15, -0.1) is 0 Å². The van der Waals surface area contributed by atoms with Crippen LogP contribution in [0.25, 0.3) is 0 Å². The lowest BCUT2D eigenvalue weighted by Gasteiger charge is -2.33. The maximum Gasteiger partial charge on any atom is 0.246 e. The minimum Gasteiger partial charge on any atom is -0.495 e. The van der Waals surface area contributed by atoms with Crippen molar-refractivity contribution in [1.82, 2.24) is 4.31 Å². The van der Waals surface area contributed by atoms with E-state index in [1.807, 2.05) is 45.0 Å². The van der Waals surface area contributed by atoms with E-state index in [0.29, 0.717) is 31.7 Å². The van der Waals surface area contributed by atoms with Gasteiger partial charge in [0, 0.05) is 31.7 Å². The van der Waals surface area contributed by atoms with E-state index in [-0.39, 0.29) is 16.7 Å². The van der Waals surface area contributed by atoms with Crippen LogP contribution in [0.2, 0.25) is 0 Å². The number of nitrogens with zero attached hydrogens (tertiary/aromatic N) is 2. The number of aryl methyl sites for hydroxylation is 3. The van der Waals surface area contributed by atoms with E-state index in [1.54, 1.807) is 24.1 Å². The molecule has 0 bridgehead atoms. The molecule has 3 rings (SSSR count). The first-order chi connectivity index (χ1) is 14.1. The number of ether oxygens (including phenoxy) is 1. The van der Waals surface area contributed by atoms with Crippen LogP contribution in [0, 0.1) is 26.7 Å². The summed E-state index contributed by atoms with van der Waals surface area (Å²) in [5.41, 5.74) is 4.04. The van der Waals surface area contributed by atoms with Crippen molar-refractivity contribution in [3.63, 3.8) is 0 Å². The molecule has 0 radical (unpaired) electrons. The summed E-state index contributed by atoms with van der Waals surface area (Å²) in [5.74, 6) is 0.180. The number of hydrogen-bond donors (Lipinski definition) is 0. The Kier molecular flexibility index (Phi) is 6.53. The molecule has 0 N–H and O–H groups in total. The summed E-state index contributed by atoms with van der Waals surface area (Å²) < 4.78 is 33.1. The number of carbonyl (C=O) groups excluding carboxylic acids is 1. The minimum absolute atomic E-state index is 0.0310. The number of hydrogen-bond acceptors (Lipinski definition) is 4. The van der Waals surface area contributed by atoms with E-state index in [1.165, 1.54) is 17.0 Å². The van der Waals surface area contributed by atoms with Gasteiger partial charge in [-0.25, -0.2) is 8.42 Å². The molecule has 6 nitrogen and oxygen atoms in total. The minimum atomic E-state index is -3.68. The second kappa shape index (κ2) is 8.78. The Labute approximate surface area is 179 Å². The molecule has 0 unspecified atom stereocenters. The van der Waals surface area contributed by atoms with Gasteiger partial charge < -0.3 is 9.64 Å². The van der Waals surface area contributed by atoms with Crippen molar-refractivity contribution in [3.05, 3.63) is 53.1 Å². The SMILES string of the molecule is COc1ccc(C)cc1S(=O)(=O)N1CCC(C(=O)N(C)c2ccc(C)c(C)c2)CC1. The van der Waals surface area contributed by atoms with Crippen molar-refractivity contribution in [2.24, 2.45) is 5.92 Å². The molecule has 1 aliphatic heterocycles. The Morgan fingerprint density at radius 1 is 1.03 bits per heavy atom. The summed E-state index contributed by atoms with van der Waals surface area (Å²) in [7, 11) is -0.421. The van der Waals surface area contributed by atoms with Gasteiger partial charge in [0.1, 0.15) is 10.6 Å². The van der Waals surface area contributed by atoms with E-state index in [0.717, 1.165) is 16.8 Å². The lowest BCUT2D eigenvalue weighted by Crippen LogP contribution is -2.43. The lowest BCUT2D eigenvalue weighted by molar-refractivity contribution is -0.123. The highest BCUT2D eigenvalue weighted by Crippen LogP contribution is 2.31. The van der Waals surface area contributed by atoms with Gasteiger partial charge in [-0.2, -0.15) is 4.31 Å². The quantitative estimate of drug-likeness (QED) is 0.726. The Morgan fingerprint density at radius 2 is 1.70 bits per heavy atom. The monoisotopic (exact) mass is 430 g/mol. The number of sulfonamides is 1. The average Bonchev–Trinajstić information content (AvgIpc) is 2.74. The fraction of sp³-hybridized carbons (Fsp3) is 0.435. The van der Waals surface area contributed by atoms with Crippen molar-refractivity contribution >= 4 is 21.6 Å².